The second-order valence-electron chi connectivity index (χ2n) is 3.58. The average molecular weight is 207 g/mol. The normalized spacial score (nSPS) is 11.1. The van der Waals surface area contributed by atoms with E-state index in [4.69, 9.17) is 4.42 Å². The maximum atomic E-state index is 13.3. The summed E-state index contributed by atoms with van der Waals surface area (Å²) < 4.78 is 18.7. The maximum absolute atomic E-state index is 13.3. The number of halogens is 1. The van der Waals surface area contributed by atoms with Crippen LogP contribution < -0.4 is 5.32 Å². The summed E-state index contributed by atoms with van der Waals surface area (Å²) in [6.45, 7) is 0.944. The van der Waals surface area contributed by atoms with Gasteiger partial charge in [-0.1, -0.05) is 12.1 Å². The highest BCUT2D eigenvalue weighted by atomic mass is 19.1. The van der Waals surface area contributed by atoms with Crippen LogP contribution in [0.4, 0.5) is 4.39 Å². The van der Waals surface area contributed by atoms with Gasteiger partial charge in [-0.2, -0.15) is 0 Å². The topological polar surface area (TPSA) is 25.2 Å². The Hall–Kier alpha value is -1.35. The van der Waals surface area contributed by atoms with Crippen LogP contribution in [-0.4, -0.2) is 13.6 Å². The van der Waals surface area contributed by atoms with Gasteiger partial charge in [0.15, 0.2) is 11.4 Å². The standard InChI is InChI=1S/C12H14FNO/c1-14-7-3-5-10-8-9-4-2-6-11(13)12(9)15-10/h2,4,6,8,14H,3,5,7H2,1H3. The minimum Gasteiger partial charge on any atom is -0.458 e. The van der Waals surface area contributed by atoms with Crippen molar-refractivity contribution in [2.45, 2.75) is 12.8 Å². The lowest BCUT2D eigenvalue weighted by atomic mass is 10.2. The summed E-state index contributed by atoms with van der Waals surface area (Å²) in [4.78, 5) is 0. The van der Waals surface area contributed by atoms with Gasteiger partial charge < -0.3 is 9.73 Å². The number of aryl methyl sites for hydroxylation is 1. The molecule has 1 N–H and O–H groups in total. The predicted molar refractivity (Wildman–Crippen MR) is 58.4 cm³/mol. The largest absolute Gasteiger partial charge is 0.458 e. The molecule has 0 spiro atoms. The average Bonchev–Trinajstić information content (AvgIpc) is 2.63. The maximum Gasteiger partial charge on any atom is 0.169 e. The summed E-state index contributed by atoms with van der Waals surface area (Å²) in [5.74, 6) is 0.567. The van der Waals surface area contributed by atoms with Crippen molar-refractivity contribution in [2.75, 3.05) is 13.6 Å². The third kappa shape index (κ3) is 2.18. The molecule has 0 amide bonds. The first-order valence-corrected chi connectivity index (χ1v) is 5.13. The highest BCUT2D eigenvalue weighted by Gasteiger charge is 2.06. The Bertz CT molecular complexity index is 450. The van der Waals surface area contributed by atoms with E-state index in [1.165, 1.54) is 6.07 Å². The summed E-state index contributed by atoms with van der Waals surface area (Å²) in [5.41, 5.74) is 0.372. The quantitative estimate of drug-likeness (QED) is 0.780. The highest BCUT2D eigenvalue weighted by Crippen LogP contribution is 2.22. The minimum absolute atomic E-state index is 0.285. The fourth-order valence-corrected chi connectivity index (χ4v) is 1.64. The summed E-state index contributed by atoms with van der Waals surface area (Å²) in [5, 5.41) is 3.91. The van der Waals surface area contributed by atoms with Crippen LogP contribution in [-0.2, 0) is 6.42 Å². The van der Waals surface area contributed by atoms with Crippen molar-refractivity contribution in [3.63, 3.8) is 0 Å². The van der Waals surface area contributed by atoms with Gasteiger partial charge in [0.1, 0.15) is 5.76 Å². The number of rotatable bonds is 4. The molecule has 0 fully saturated rings. The van der Waals surface area contributed by atoms with Crippen molar-refractivity contribution in [3.8, 4) is 0 Å². The molecule has 80 valence electrons. The molecule has 0 saturated heterocycles. The molecule has 0 aliphatic heterocycles. The van der Waals surface area contributed by atoms with Crippen molar-refractivity contribution in [2.24, 2.45) is 0 Å². The van der Waals surface area contributed by atoms with Gasteiger partial charge in [0.2, 0.25) is 0 Å². The molecule has 0 bridgehead atoms. The molecule has 3 heteroatoms. The lowest BCUT2D eigenvalue weighted by Crippen LogP contribution is -2.07. The molecule has 1 aromatic heterocycles. The molecule has 1 heterocycles. The van der Waals surface area contributed by atoms with Gasteiger partial charge >= 0.3 is 0 Å². The Kier molecular flexibility index (Phi) is 3.02. The van der Waals surface area contributed by atoms with Crippen LogP contribution >= 0.6 is 0 Å². The molecule has 0 atom stereocenters. The van der Waals surface area contributed by atoms with Crippen molar-refractivity contribution >= 4 is 11.0 Å². The first-order chi connectivity index (χ1) is 7.31. The van der Waals surface area contributed by atoms with Gasteiger partial charge in [-0.05, 0) is 32.1 Å². The number of para-hydroxylation sites is 1. The van der Waals surface area contributed by atoms with E-state index in [9.17, 15) is 4.39 Å². The number of fused-ring (bicyclic) bond motifs is 1. The van der Waals surface area contributed by atoms with E-state index in [0.29, 0.717) is 5.58 Å². The van der Waals surface area contributed by atoms with E-state index < -0.39 is 0 Å². The SMILES string of the molecule is CNCCCc1cc2cccc(F)c2o1. The zero-order chi connectivity index (χ0) is 10.7. The second kappa shape index (κ2) is 4.45. The van der Waals surface area contributed by atoms with E-state index >= 15 is 0 Å². The Morgan fingerprint density at radius 1 is 1.40 bits per heavy atom. The lowest BCUT2D eigenvalue weighted by molar-refractivity contribution is 0.510. The summed E-state index contributed by atoms with van der Waals surface area (Å²) in [6, 6.07) is 6.89. The van der Waals surface area contributed by atoms with Gasteiger partial charge in [-0.3, -0.25) is 0 Å². The number of hydrogen-bond donors (Lipinski definition) is 1. The predicted octanol–water partition coefficient (Wildman–Crippen LogP) is 2.72. The third-order valence-electron chi connectivity index (χ3n) is 2.40. The van der Waals surface area contributed by atoms with Crippen LogP contribution in [0, 0.1) is 5.82 Å². The molecule has 2 nitrogen and oxygen atoms in total. The van der Waals surface area contributed by atoms with Crippen LogP contribution in [0.25, 0.3) is 11.0 Å². The first kappa shape index (κ1) is 10.2. The van der Waals surface area contributed by atoms with E-state index in [2.05, 4.69) is 5.32 Å². The molecule has 0 saturated carbocycles. The fourth-order valence-electron chi connectivity index (χ4n) is 1.64. The minimum atomic E-state index is -0.285. The highest BCUT2D eigenvalue weighted by molar-refractivity contribution is 5.78. The molecular weight excluding hydrogens is 193 g/mol. The van der Waals surface area contributed by atoms with Crippen LogP contribution in [0.1, 0.15) is 12.2 Å². The van der Waals surface area contributed by atoms with Crippen LogP contribution in [0.15, 0.2) is 28.7 Å². The van der Waals surface area contributed by atoms with Gasteiger partial charge in [0, 0.05) is 11.8 Å². The van der Waals surface area contributed by atoms with Crippen molar-refractivity contribution < 1.29 is 8.81 Å². The molecule has 2 rings (SSSR count). The number of furan rings is 1. The molecular formula is C12H14FNO. The van der Waals surface area contributed by atoms with Crippen LogP contribution in [0.5, 0.6) is 0 Å². The Labute approximate surface area is 88.1 Å². The van der Waals surface area contributed by atoms with Gasteiger partial charge in [0.25, 0.3) is 0 Å². The monoisotopic (exact) mass is 207 g/mol. The molecule has 15 heavy (non-hydrogen) atoms. The Morgan fingerprint density at radius 3 is 3.00 bits per heavy atom. The van der Waals surface area contributed by atoms with Crippen LogP contribution in [0.2, 0.25) is 0 Å². The Morgan fingerprint density at radius 2 is 2.27 bits per heavy atom. The fraction of sp³-hybridized carbons (Fsp3) is 0.333. The first-order valence-electron chi connectivity index (χ1n) is 5.13. The molecule has 1 aromatic carbocycles. The molecule has 2 aromatic rings. The molecule has 0 unspecified atom stereocenters. The van der Waals surface area contributed by atoms with Gasteiger partial charge in [0.05, 0.1) is 0 Å². The Balaban J connectivity index is 2.20. The van der Waals surface area contributed by atoms with Crippen molar-refractivity contribution in [1.29, 1.82) is 0 Å². The summed E-state index contributed by atoms with van der Waals surface area (Å²) >= 11 is 0. The lowest BCUT2D eigenvalue weighted by Gasteiger charge is -1.95. The van der Waals surface area contributed by atoms with Gasteiger partial charge in [-0.15, -0.1) is 0 Å². The summed E-state index contributed by atoms with van der Waals surface area (Å²) in [7, 11) is 1.91. The number of nitrogens with one attached hydrogen (secondary N) is 1. The van der Waals surface area contributed by atoms with E-state index in [1.807, 2.05) is 19.2 Å². The summed E-state index contributed by atoms with van der Waals surface area (Å²) in [6.07, 6.45) is 1.84. The van der Waals surface area contributed by atoms with Crippen LogP contribution in [0.3, 0.4) is 0 Å². The number of hydrogen-bond acceptors (Lipinski definition) is 2. The smallest absolute Gasteiger partial charge is 0.169 e. The van der Waals surface area contributed by atoms with Crippen molar-refractivity contribution in [1.82, 2.24) is 5.32 Å². The van der Waals surface area contributed by atoms with Crippen molar-refractivity contribution in [3.05, 3.63) is 35.8 Å². The van der Waals surface area contributed by atoms with E-state index in [1.54, 1.807) is 6.07 Å². The zero-order valence-corrected chi connectivity index (χ0v) is 8.72. The van der Waals surface area contributed by atoms with Gasteiger partial charge in [-0.25, -0.2) is 4.39 Å². The number of benzene rings is 1. The second-order valence-corrected chi connectivity index (χ2v) is 3.58. The zero-order valence-electron chi connectivity index (χ0n) is 8.72. The third-order valence-corrected chi connectivity index (χ3v) is 2.40. The molecule has 0 radical (unpaired) electrons. The van der Waals surface area contributed by atoms with E-state index in [0.717, 1.165) is 30.5 Å². The van der Waals surface area contributed by atoms with E-state index in [-0.39, 0.29) is 5.82 Å². The molecule has 0 aliphatic carbocycles. The molecule has 0 aliphatic rings.